The highest BCUT2D eigenvalue weighted by Crippen LogP contribution is 2.24. The first-order chi connectivity index (χ1) is 11.3. The van der Waals surface area contributed by atoms with Crippen LogP contribution in [0.2, 0.25) is 0 Å². The molecule has 4 aromatic rings. The molecule has 112 valence electrons. The lowest BCUT2D eigenvalue weighted by atomic mass is 10.1. The fourth-order valence-electron chi connectivity index (χ4n) is 2.73. The van der Waals surface area contributed by atoms with Crippen LogP contribution in [-0.2, 0) is 6.61 Å². The van der Waals surface area contributed by atoms with Gasteiger partial charge >= 0.3 is 0 Å². The van der Waals surface area contributed by atoms with Gasteiger partial charge in [0.15, 0.2) is 0 Å². The number of aliphatic hydroxyl groups is 1. The van der Waals surface area contributed by atoms with Gasteiger partial charge in [-0.3, -0.25) is 9.55 Å². The fraction of sp³-hybridized carbons (Fsp3) is 0.0526. The predicted octanol–water partition coefficient (Wildman–Crippen LogP) is 3.58. The summed E-state index contributed by atoms with van der Waals surface area (Å²) in [7, 11) is 0. The van der Waals surface area contributed by atoms with Crippen LogP contribution in [0.5, 0.6) is 0 Å². The number of fused-ring (bicyclic) bond motifs is 1. The largest absolute Gasteiger partial charge is 0.392 e. The van der Waals surface area contributed by atoms with Gasteiger partial charge in [0.2, 0.25) is 0 Å². The van der Waals surface area contributed by atoms with E-state index in [1.54, 1.807) is 6.20 Å². The van der Waals surface area contributed by atoms with Gasteiger partial charge in [0.05, 0.1) is 17.6 Å². The van der Waals surface area contributed by atoms with Crippen LogP contribution in [0.4, 0.5) is 0 Å². The summed E-state index contributed by atoms with van der Waals surface area (Å²) in [5, 5.41) is 9.24. The van der Waals surface area contributed by atoms with Gasteiger partial charge in [0, 0.05) is 23.6 Å². The number of aliphatic hydroxyl groups excluding tert-OH is 1. The summed E-state index contributed by atoms with van der Waals surface area (Å²) in [5.41, 5.74) is 6.01. The first-order valence-electron chi connectivity index (χ1n) is 7.43. The predicted molar refractivity (Wildman–Crippen MR) is 90.2 cm³/mol. The Morgan fingerprint density at radius 2 is 1.87 bits per heavy atom. The number of aromatic nitrogens is 3. The number of benzene rings is 2. The highest BCUT2D eigenvalue weighted by atomic mass is 16.3. The van der Waals surface area contributed by atoms with Crippen molar-refractivity contribution in [3.05, 3.63) is 78.9 Å². The van der Waals surface area contributed by atoms with Crippen molar-refractivity contribution in [1.29, 1.82) is 0 Å². The van der Waals surface area contributed by atoms with Gasteiger partial charge in [-0.05, 0) is 41.5 Å². The van der Waals surface area contributed by atoms with Gasteiger partial charge in [-0.15, -0.1) is 0 Å². The molecule has 0 amide bonds. The van der Waals surface area contributed by atoms with Gasteiger partial charge in [0.25, 0.3) is 0 Å². The van der Waals surface area contributed by atoms with Crippen molar-refractivity contribution >= 4 is 11.0 Å². The lowest BCUT2D eigenvalue weighted by Crippen LogP contribution is -1.93. The molecule has 0 saturated heterocycles. The van der Waals surface area contributed by atoms with E-state index in [1.807, 2.05) is 48.9 Å². The maximum atomic E-state index is 9.24. The summed E-state index contributed by atoms with van der Waals surface area (Å²) in [5.74, 6) is 0. The Kier molecular flexibility index (Phi) is 3.37. The second-order valence-corrected chi connectivity index (χ2v) is 5.39. The van der Waals surface area contributed by atoms with Gasteiger partial charge in [-0.2, -0.15) is 0 Å². The number of hydrogen-bond acceptors (Lipinski definition) is 3. The molecule has 23 heavy (non-hydrogen) atoms. The van der Waals surface area contributed by atoms with Crippen LogP contribution in [0.1, 0.15) is 5.56 Å². The molecule has 0 aliphatic carbocycles. The second-order valence-electron chi connectivity index (χ2n) is 5.39. The summed E-state index contributed by atoms with van der Waals surface area (Å²) in [6.07, 6.45) is 5.45. The summed E-state index contributed by atoms with van der Waals surface area (Å²) in [4.78, 5) is 8.63. The van der Waals surface area contributed by atoms with Gasteiger partial charge < -0.3 is 5.11 Å². The molecule has 1 N–H and O–H groups in total. The molecule has 0 atom stereocenters. The maximum Gasteiger partial charge on any atom is 0.100 e. The average Bonchev–Trinajstić information content (AvgIpc) is 3.05. The first kappa shape index (κ1) is 13.7. The molecule has 4 rings (SSSR count). The Hall–Kier alpha value is -2.98. The minimum absolute atomic E-state index is 0.0271. The molecule has 0 saturated carbocycles. The van der Waals surface area contributed by atoms with Crippen LogP contribution in [0.3, 0.4) is 0 Å². The molecule has 0 aliphatic rings. The number of pyridine rings is 1. The molecule has 0 unspecified atom stereocenters. The summed E-state index contributed by atoms with van der Waals surface area (Å²) in [6, 6.07) is 18.1. The van der Waals surface area contributed by atoms with Crippen molar-refractivity contribution in [2.45, 2.75) is 6.61 Å². The topological polar surface area (TPSA) is 50.9 Å². The molecule has 0 spiro atoms. The van der Waals surface area contributed by atoms with E-state index in [9.17, 15) is 5.11 Å². The minimum Gasteiger partial charge on any atom is -0.392 e. The van der Waals surface area contributed by atoms with Crippen molar-refractivity contribution < 1.29 is 5.11 Å². The van der Waals surface area contributed by atoms with Crippen LogP contribution >= 0.6 is 0 Å². The third-order valence-corrected chi connectivity index (χ3v) is 3.91. The average molecular weight is 301 g/mol. The van der Waals surface area contributed by atoms with Crippen molar-refractivity contribution in [3.63, 3.8) is 0 Å². The van der Waals surface area contributed by atoms with E-state index >= 15 is 0 Å². The Morgan fingerprint density at radius 1 is 0.957 bits per heavy atom. The zero-order chi connectivity index (χ0) is 15.6. The van der Waals surface area contributed by atoms with Crippen molar-refractivity contribution in [3.8, 4) is 16.8 Å². The van der Waals surface area contributed by atoms with E-state index in [-0.39, 0.29) is 6.61 Å². The molecule has 2 aromatic heterocycles. The lowest BCUT2D eigenvalue weighted by molar-refractivity contribution is 0.282. The Balaban J connectivity index is 1.82. The number of hydrogen-bond donors (Lipinski definition) is 1. The molecule has 2 aromatic carbocycles. The van der Waals surface area contributed by atoms with E-state index in [4.69, 9.17) is 0 Å². The Bertz CT molecular complexity index is 961. The lowest BCUT2D eigenvalue weighted by Gasteiger charge is -2.07. The fourth-order valence-corrected chi connectivity index (χ4v) is 2.73. The molecule has 2 heterocycles. The number of nitrogens with zero attached hydrogens (tertiary/aromatic N) is 3. The molecule has 4 nitrogen and oxygen atoms in total. The standard InChI is InChI=1S/C19H15N3O/c23-12-14-6-7-19-18(9-14)21-13-22(19)17-5-1-3-15(10-17)16-4-2-8-20-11-16/h1-11,13,23H,12H2. The van der Waals surface area contributed by atoms with Crippen LogP contribution < -0.4 is 0 Å². The quantitative estimate of drug-likeness (QED) is 0.629. The monoisotopic (exact) mass is 301 g/mol. The Labute approximate surface area is 133 Å². The number of rotatable bonds is 3. The maximum absolute atomic E-state index is 9.24. The van der Waals surface area contributed by atoms with Crippen molar-refractivity contribution in [2.24, 2.45) is 0 Å². The van der Waals surface area contributed by atoms with Gasteiger partial charge in [0.1, 0.15) is 6.33 Å². The summed E-state index contributed by atoms with van der Waals surface area (Å²) >= 11 is 0. The van der Waals surface area contributed by atoms with Gasteiger partial charge in [-0.25, -0.2) is 4.98 Å². The zero-order valence-electron chi connectivity index (χ0n) is 12.4. The van der Waals surface area contributed by atoms with E-state index in [0.717, 1.165) is 33.4 Å². The molecule has 4 heteroatoms. The van der Waals surface area contributed by atoms with Crippen molar-refractivity contribution in [1.82, 2.24) is 14.5 Å². The van der Waals surface area contributed by atoms with E-state index < -0.39 is 0 Å². The Morgan fingerprint density at radius 3 is 2.70 bits per heavy atom. The minimum atomic E-state index is 0.0271. The molecule has 0 aliphatic heterocycles. The highest BCUT2D eigenvalue weighted by Gasteiger charge is 2.07. The summed E-state index contributed by atoms with van der Waals surface area (Å²) in [6.45, 7) is 0.0271. The smallest absolute Gasteiger partial charge is 0.100 e. The third-order valence-electron chi connectivity index (χ3n) is 3.91. The molecule has 0 radical (unpaired) electrons. The first-order valence-corrected chi connectivity index (χ1v) is 7.43. The van der Waals surface area contributed by atoms with E-state index in [0.29, 0.717) is 0 Å². The molecule has 0 bridgehead atoms. The van der Waals surface area contributed by atoms with Crippen LogP contribution in [0.15, 0.2) is 73.3 Å². The molecular formula is C19H15N3O. The van der Waals surface area contributed by atoms with Crippen LogP contribution in [0, 0.1) is 0 Å². The van der Waals surface area contributed by atoms with Crippen LogP contribution in [-0.4, -0.2) is 19.6 Å². The normalized spacial score (nSPS) is 11.0. The second kappa shape index (κ2) is 5.66. The van der Waals surface area contributed by atoms with Crippen molar-refractivity contribution in [2.75, 3.05) is 0 Å². The third kappa shape index (κ3) is 2.49. The summed E-state index contributed by atoms with van der Waals surface area (Å²) < 4.78 is 2.05. The van der Waals surface area contributed by atoms with Crippen LogP contribution in [0.25, 0.3) is 27.8 Å². The van der Waals surface area contributed by atoms with E-state index in [1.165, 1.54) is 0 Å². The SMILES string of the molecule is OCc1ccc2c(c1)ncn2-c1cccc(-c2cccnc2)c1. The molecule has 0 fully saturated rings. The highest BCUT2D eigenvalue weighted by molar-refractivity contribution is 5.78. The zero-order valence-corrected chi connectivity index (χ0v) is 12.4. The molecular weight excluding hydrogens is 286 g/mol. The van der Waals surface area contributed by atoms with E-state index in [2.05, 4.69) is 32.7 Å². The van der Waals surface area contributed by atoms with Gasteiger partial charge in [-0.1, -0.05) is 24.3 Å². The number of imidazole rings is 1.